The zero-order chi connectivity index (χ0) is 18.9. The molecule has 136 valence electrons. The van der Waals surface area contributed by atoms with Gasteiger partial charge in [0.25, 0.3) is 0 Å². The average Bonchev–Trinajstić information content (AvgIpc) is 2.92. The number of aromatic nitrogens is 2. The van der Waals surface area contributed by atoms with E-state index in [4.69, 9.17) is 0 Å². The first-order chi connectivity index (χ1) is 12.3. The lowest BCUT2D eigenvalue weighted by atomic mass is 9.92. The van der Waals surface area contributed by atoms with Crippen molar-refractivity contribution in [1.82, 2.24) is 9.61 Å². The number of anilines is 1. The van der Waals surface area contributed by atoms with Crippen molar-refractivity contribution in [2.24, 2.45) is 10.9 Å². The highest BCUT2D eigenvalue weighted by Crippen LogP contribution is 2.30. The Morgan fingerprint density at radius 2 is 2.00 bits per heavy atom. The largest absolute Gasteiger partial charge is 0.361 e. The molecule has 3 rings (SSSR count). The minimum absolute atomic E-state index is 0.185. The third-order valence-electron chi connectivity index (χ3n) is 4.30. The Morgan fingerprint density at radius 3 is 2.73 bits per heavy atom. The van der Waals surface area contributed by atoms with Gasteiger partial charge in [-0.2, -0.15) is 0 Å². The molecule has 0 saturated heterocycles. The fraction of sp³-hybridized carbons (Fsp3) is 0.368. The number of nitrogens with one attached hydrogen (secondary N) is 1. The number of hydrogen-bond donors (Lipinski definition) is 1. The number of rotatable bonds is 5. The standard InChI is InChI=1S/C19H24N5O2/c1-13-16(25)9-8-14(18(13)26)21-17-15-7-5-6-11-23(15)22-19(17)20-10-12-24(2,3)4/h5-9,11,13H,10,12H2,1-4H3,(H,20,22)/q+1. The summed E-state index contributed by atoms with van der Waals surface area (Å²) in [5, 5.41) is 7.87. The van der Waals surface area contributed by atoms with E-state index >= 15 is 0 Å². The van der Waals surface area contributed by atoms with Crippen LogP contribution in [0.25, 0.3) is 5.52 Å². The van der Waals surface area contributed by atoms with Gasteiger partial charge in [-0.3, -0.25) is 9.59 Å². The molecule has 2 aromatic rings. The molecule has 0 radical (unpaired) electrons. The van der Waals surface area contributed by atoms with Crippen molar-refractivity contribution in [1.29, 1.82) is 0 Å². The highest BCUT2D eigenvalue weighted by Gasteiger charge is 2.27. The van der Waals surface area contributed by atoms with Crippen molar-refractivity contribution < 1.29 is 14.1 Å². The van der Waals surface area contributed by atoms with Crippen molar-refractivity contribution >= 4 is 34.3 Å². The zero-order valence-electron chi connectivity index (χ0n) is 15.6. The maximum absolute atomic E-state index is 12.4. The quantitative estimate of drug-likeness (QED) is 0.657. The van der Waals surface area contributed by atoms with Gasteiger partial charge in [0.05, 0.1) is 45.7 Å². The molecule has 0 saturated carbocycles. The number of nitrogens with zero attached hydrogens (tertiary/aromatic N) is 4. The van der Waals surface area contributed by atoms with Crippen molar-refractivity contribution in [3.63, 3.8) is 0 Å². The zero-order valence-corrected chi connectivity index (χ0v) is 15.6. The molecule has 0 aromatic carbocycles. The van der Waals surface area contributed by atoms with E-state index in [2.05, 4.69) is 36.6 Å². The van der Waals surface area contributed by atoms with Crippen LogP contribution in [0.2, 0.25) is 0 Å². The number of pyridine rings is 1. The van der Waals surface area contributed by atoms with Crippen molar-refractivity contribution in [2.45, 2.75) is 6.92 Å². The summed E-state index contributed by atoms with van der Waals surface area (Å²) in [6.07, 6.45) is 4.75. The second-order valence-corrected chi connectivity index (χ2v) is 7.49. The van der Waals surface area contributed by atoms with Crippen molar-refractivity contribution in [3.05, 3.63) is 36.5 Å². The van der Waals surface area contributed by atoms with Crippen LogP contribution in [0.15, 0.2) is 41.5 Å². The Morgan fingerprint density at radius 1 is 1.23 bits per heavy atom. The number of hydrogen-bond acceptors (Lipinski definition) is 5. The third-order valence-corrected chi connectivity index (χ3v) is 4.30. The maximum atomic E-state index is 12.4. The summed E-state index contributed by atoms with van der Waals surface area (Å²) < 4.78 is 2.56. The van der Waals surface area contributed by atoms with Gasteiger partial charge in [0.15, 0.2) is 17.4 Å². The number of ketones is 2. The number of likely N-dealkylation sites (N-methyl/N-ethyl adjacent to an activating group) is 1. The van der Waals surface area contributed by atoms with Crippen LogP contribution >= 0.6 is 0 Å². The Kier molecular flexibility index (Phi) is 4.73. The van der Waals surface area contributed by atoms with E-state index in [1.165, 1.54) is 12.2 Å². The smallest absolute Gasteiger partial charge is 0.191 e. The van der Waals surface area contributed by atoms with Gasteiger partial charge in [-0.1, -0.05) is 6.07 Å². The minimum atomic E-state index is -0.685. The molecule has 1 atom stereocenters. The minimum Gasteiger partial charge on any atom is -0.361 e. The monoisotopic (exact) mass is 354 g/mol. The van der Waals surface area contributed by atoms with Gasteiger partial charge < -0.3 is 9.80 Å². The van der Waals surface area contributed by atoms with Gasteiger partial charge in [0.2, 0.25) is 0 Å². The van der Waals surface area contributed by atoms with Crippen LogP contribution in [0.5, 0.6) is 0 Å². The first-order valence-corrected chi connectivity index (χ1v) is 8.63. The normalized spacial score (nSPS) is 19.5. The second kappa shape index (κ2) is 6.84. The number of quaternary nitrogens is 1. The predicted molar refractivity (Wildman–Crippen MR) is 102 cm³/mol. The molecule has 2 heterocycles. The van der Waals surface area contributed by atoms with Crippen LogP contribution in [0, 0.1) is 5.92 Å². The molecule has 26 heavy (non-hydrogen) atoms. The van der Waals surface area contributed by atoms with E-state index in [0.717, 1.165) is 23.1 Å². The average molecular weight is 354 g/mol. The molecule has 1 N–H and O–H groups in total. The van der Waals surface area contributed by atoms with Crippen LogP contribution in [0.4, 0.5) is 11.5 Å². The molecule has 0 amide bonds. The first kappa shape index (κ1) is 18.0. The number of carbonyl (C=O) groups excluding carboxylic acids is 2. The maximum Gasteiger partial charge on any atom is 0.191 e. The molecule has 0 aliphatic heterocycles. The number of allylic oxidation sites excluding steroid dienone is 2. The van der Waals surface area contributed by atoms with Crippen molar-refractivity contribution in [2.75, 3.05) is 39.5 Å². The van der Waals surface area contributed by atoms with E-state index in [9.17, 15) is 9.59 Å². The van der Waals surface area contributed by atoms with E-state index in [0.29, 0.717) is 11.5 Å². The molecular formula is C19H24N5O2+. The summed E-state index contributed by atoms with van der Waals surface area (Å²) in [6, 6.07) is 5.70. The molecule has 7 heteroatoms. The van der Waals surface area contributed by atoms with Crippen LogP contribution in [0.3, 0.4) is 0 Å². The fourth-order valence-electron chi connectivity index (χ4n) is 2.68. The van der Waals surface area contributed by atoms with Gasteiger partial charge in [-0.05, 0) is 31.2 Å². The summed E-state index contributed by atoms with van der Waals surface area (Å²) in [5.74, 6) is -0.502. The molecule has 7 nitrogen and oxygen atoms in total. The third kappa shape index (κ3) is 3.72. The van der Waals surface area contributed by atoms with Gasteiger partial charge >= 0.3 is 0 Å². The fourth-order valence-corrected chi connectivity index (χ4v) is 2.68. The topological polar surface area (TPSA) is 75.8 Å². The Bertz CT molecular complexity index is 918. The number of Topliss-reactive ketones (excluding diaryl/α,β-unsaturated/α-hetero) is 1. The molecule has 2 aromatic heterocycles. The summed E-state index contributed by atoms with van der Waals surface area (Å²) in [6.45, 7) is 3.25. The van der Waals surface area contributed by atoms with E-state index in [1.54, 1.807) is 11.4 Å². The molecule has 0 bridgehead atoms. The van der Waals surface area contributed by atoms with Crippen molar-refractivity contribution in [3.8, 4) is 0 Å². The Hall–Kier alpha value is -2.80. The molecule has 0 spiro atoms. The Balaban J connectivity index is 1.99. The number of aliphatic imine (C=N–C) groups is 1. The van der Waals surface area contributed by atoms with Gasteiger partial charge in [-0.25, -0.2) is 9.51 Å². The lowest BCUT2D eigenvalue weighted by Crippen LogP contribution is -2.38. The summed E-state index contributed by atoms with van der Waals surface area (Å²) in [7, 11) is 6.36. The van der Waals surface area contributed by atoms with Crippen LogP contribution in [-0.4, -0.2) is 65.6 Å². The number of fused-ring (bicyclic) bond motifs is 1. The van der Waals surface area contributed by atoms with Crippen LogP contribution < -0.4 is 5.32 Å². The number of carbonyl (C=O) groups is 2. The summed E-state index contributed by atoms with van der Waals surface area (Å²) in [5.41, 5.74) is 1.70. The summed E-state index contributed by atoms with van der Waals surface area (Å²) >= 11 is 0. The van der Waals surface area contributed by atoms with E-state index < -0.39 is 5.92 Å². The molecule has 0 fully saturated rings. The SMILES string of the molecule is CC1C(=O)C=CC(=Nc2c(NCC[N+](C)(C)C)nn3ccccc23)C1=O. The molecule has 1 aliphatic carbocycles. The molecule has 1 unspecified atom stereocenters. The molecular weight excluding hydrogens is 330 g/mol. The van der Waals surface area contributed by atoms with Gasteiger partial charge in [0, 0.05) is 6.20 Å². The van der Waals surface area contributed by atoms with Crippen LogP contribution in [0.1, 0.15) is 6.92 Å². The van der Waals surface area contributed by atoms with Crippen LogP contribution in [-0.2, 0) is 9.59 Å². The second-order valence-electron chi connectivity index (χ2n) is 7.49. The van der Waals surface area contributed by atoms with E-state index in [1.807, 2.05) is 24.4 Å². The highest BCUT2D eigenvalue weighted by molar-refractivity contribution is 6.50. The molecule has 1 aliphatic rings. The Labute approximate surface area is 152 Å². The predicted octanol–water partition coefficient (Wildman–Crippen LogP) is 1.87. The first-order valence-electron chi connectivity index (χ1n) is 8.63. The lowest BCUT2D eigenvalue weighted by molar-refractivity contribution is -0.868. The van der Waals surface area contributed by atoms with Gasteiger partial charge in [-0.15, -0.1) is 5.10 Å². The van der Waals surface area contributed by atoms with Gasteiger partial charge in [0.1, 0.15) is 11.4 Å². The lowest BCUT2D eigenvalue weighted by Gasteiger charge is -2.23. The highest BCUT2D eigenvalue weighted by atomic mass is 16.2. The van der Waals surface area contributed by atoms with E-state index in [-0.39, 0.29) is 17.3 Å². The summed E-state index contributed by atoms with van der Waals surface area (Å²) in [4.78, 5) is 28.6.